The van der Waals surface area contributed by atoms with Crippen LogP contribution < -0.4 is 4.74 Å². The number of halogens is 1. The number of benzene rings is 1. The van der Waals surface area contributed by atoms with Gasteiger partial charge in [0.1, 0.15) is 0 Å². The van der Waals surface area contributed by atoms with E-state index in [9.17, 15) is 12.8 Å². The minimum Gasteiger partial charge on any atom is -0.494 e. The van der Waals surface area contributed by atoms with Crippen molar-refractivity contribution >= 4 is 10.0 Å². The zero-order chi connectivity index (χ0) is 12.5. The van der Waals surface area contributed by atoms with Crippen molar-refractivity contribution < 1.29 is 17.5 Å². The molecule has 1 aliphatic rings. The van der Waals surface area contributed by atoms with Gasteiger partial charge in [-0.3, -0.25) is 0 Å². The zero-order valence-corrected chi connectivity index (χ0v) is 10.3. The van der Waals surface area contributed by atoms with Crippen molar-refractivity contribution in [3.63, 3.8) is 0 Å². The third kappa shape index (κ3) is 2.28. The number of nitrogens with zero attached hydrogens (tertiary/aromatic N) is 1. The summed E-state index contributed by atoms with van der Waals surface area (Å²) in [6.07, 6.45) is 1.72. The van der Waals surface area contributed by atoms with Crippen molar-refractivity contribution in [1.82, 2.24) is 4.31 Å². The van der Waals surface area contributed by atoms with E-state index in [0.29, 0.717) is 13.1 Å². The predicted octanol–water partition coefficient (Wildman–Crippen LogP) is 1.62. The molecule has 1 fully saturated rings. The van der Waals surface area contributed by atoms with Gasteiger partial charge in [-0.05, 0) is 31.0 Å². The van der Waals surface area contributed by atoms with Gasteiger partial charge in [0, 0.05) is 13.1 Å². The van der Waals surface area contributed by atoms with Crippen LogP contribution in [-0.4, -0.2) is 32.9 Å². The molecule has 0 radical (unpaired) electrons. The molecule has 1 aliphatic heterocycles. The van der Waals surface area contributed by atoms with E-state index in [0.717, 1.165) is 18.9 Å². The summed E-state index contributed by atoms with van der Waals surface area (Å²) in [7, 11) is -2.21. The molecule has 2 rings (SSSR count). The first-order chi connectivity index (χ1) is 8.05. The van der Waals surface area contributed by atoms with Crippen LogP contribution in [0.15, 0.2) is 23.1 Å². The zero-order valence-electron chi connectivity index (χ0n) is 9.52. The lowest BCUT2D eigenvalue weighted by Crippen LogP contribution is -2.27. The minimum atomic E-state index is -3.55. The highest BCUT2D eigenvalue weighted by Gasteiger charge is 2.27. The smallest absolute Gasteiger partial charge is 0.243 e. The Morgan fingerprint density at radius 1 is 1.29 bits per heavy atom. The van der Waals surface area contributed by atoms with Gasteiger partial charge in [-0.2, -0.15) is 4.31 Å². The monoisotopic (exact) mass is 259 g/mol. The van der Waals surface area contributed by atoms with E-state index in [4.69, 9.17) is 4.74 Å². The van der Waals surface area contributed by atoms with Crippen LogP contribution in [0.3, 0.4) is 0 Å². The van der Waals surface area contributed by atoms with Crippen molar-refractivity contribution in [2.45, 2.75) is 17.7 Å². The Hall–Kier alpha value is -1.14. The maximum absolute atomic E-state index is 13.5. The van der Waals surface area contributed by atoms with Crippen LogP contribution in [-0.2, 0) is 10.0 Å². The first-order valence-electron chi connectivity index (χ1n) is 5.39. The maximum Gasteiger partial charge on any atom is 0.243 e. The SMILES string of the molecule is COc1ccc(S(=O)(=O)N2CCCC2)cc1F. The van der Waals surface area contributed by atoms with E-state index in [1.165, 1.54) is 23.5 Å². The molecule has 0 amide bonds. The molecule has 0 atom stereocenters. The Kier molecular flexibility index (Phi) is 3.35. The fraction of sp³-hybridized carbons (Fsp3) is 0.455. The van der Waals surface area contributed by atoms with Crippen LogP contribution in [0.25, 0.3) is 0 Å². The molecule has 6 heteroatoms. The van der Waals surface area contributed by atoms with Crippen molar-refractivity contribution in [3.05, 3.63) is 24.0 Å². The van der Waals surface area contributed by atoms with Crippen LogP contribution in [0.5, 0.6) is 5.75 Å². The highest BCUT2D eigenvalue weighted by molar-refractivity contribution is 7.89. The molecule has 0 saturated carbocycles. The molecule has 94 valence electrons. The van der Waals surface area contributed by atoms with Gasteiger partial charge in [0.05, 0.1) is 12.0 Å². The Bertz CT molecular complexity index is 509. The molecule has 0 spiro atoms. The molecule has 0 aromatic heterocycles. The molecule has 4 nitrogen and oxygen atoms in total. The number of hydrogen-bond donors (Lipinski definition) is 0. The molecule has 1 heterocycles. The lowest BCUT2D eigenvalue weighted by molar-refractivity contribution is 0.385. The van der Waals surface area contributed by atoms with E-state index in [2.05, 4.69) is 0 Å². The average molecular weight is 259 g/mol. The Balaban J connectivity index is 2.36. The maximum atomic E-state index is 13.5. The van der Waals surface area contributed by atoms with E-state index < -0.39 is 15.8 Å². The Morgan fingerprint density at radius 3 is 2.47 bits per heavy atom. The molecular formula is C11H14FNO3S. The van der Waals surface area contributed by atoms with Crippen LogP contribution in [0.1, 0.15) is 12.8 Å². The van der Waals surface area contributed by atoms with Gasteiger partial charge < -0.3 is 4.74 Å². The van der Waals surface area contributed by atoms with E-state index in [1.807, 2.05) is 0 Å². The van der Waals surface area contributed by atoms with Gasteiger partial charge in [-0.15, -0.1) is 0 Å². The highest BCUT2D eigenvalue weighted by Crippen LogP contribution is 2.25. The second-order valence-corrected chi connectivity index (χ2v) is 5.85. The van der Waals surface area contributed by atoms with Crippen molar-refractivity contribution in [3.8, 4) is 5.75 Å². The van der Waals surface area contributed by atoms with E-state index in [1.54, 1.807) is 0 Å². The highest BCUT2D eigenvalue weighted by atomic mass is 32.2. The summed E-state index contributed by atoms with van der Waals surface area (Å²) in [6, 6.07) is 3.71. The van der Waals surface area contributed by atoms with Crippen LogP contribution >= 0.6 is 0 Å². The van der Waals surface area contributed by atoms with E-state index >= 15 is 0 Å². The first-order valence-corrected chi connectivity index (χ1v) is 6.83. The summed E-state index contributed by atoms with van der Waals surface area (Å²) >= 11 is 0. The van der Waals surface area contributed by atoms with Gasteiger partial charge in [0.15, 0.2) is 11.6 Å². The number of hydrogen-bond acceptors (Lipinski definition) is 3. The summed E-state index contributed by atoms with van der Waals surface area (Å²) in [4.78, 5) is -0.0160. The molecule has 0 N–H and O–H groups in total. The van der Waals surface area contributed by atoms with E-state index in [-0.39, 0.29) is 10.6 Å². The molecule has 1 aromatic rings. The van der Waals surface area contributed by atoms with Gasteiger partial charge in [-0.1, -0.05) is 0 Å². The average Bonchev–Trinajstić information content (AvgIpc) is 2.83. The van der Waals surface area contributed by atoms with Crippen LogP contribution in [0.2, 0.25) is 0 Å². The normalized spacial score (nSPS) is 17.3. The molecule has 1 saturated heterocycles. The minimum absolute atomic E-state index is 0.0160. The molecular weight excluding hydrogens is 245 g/mol. The van der Waals surface area contributed by atoms with Crippen LogP contribution in [0, 0.1) is 5.82 Å². The lowest BCUT2D eigenvalue weighted by atomic mass is 10.3. The van der Waals surface area contributed by atoms with Crippen LogP contribution in [0.4, 0.5) is 4.39 Å². The molecule has 17 heavy (non-hydrogen) atoms. The Labute approximate surface area is 100 Å². The van der Waals surface area contributed by atoms with Crippen molar-refractivity contribution in [1.29, 1.82) is 0 Å². The topological polar surface area (TPSA) is 46.6 Å². The summed E-state index contributed by atoms with van der Waals surface area (Å²) in [5.41, 5.74) is 0. The number of methoxy groups -OCH3 is 1. The fourth-order valence-corrected chi connectivity index (χ4v) is 3.41. The van der Waals surface area contributed by atoms with Gasteiger partial charge in [0.25, 0.3) is 0 Å². The summed E-state index contributed by atoms with van der Waals surface area (Å²) in [5.74, 6) is -0.613. The third-order valence-corrected chi connectivity index (χ3v) is 4.72. The Morgan fingerprint density at radius 2 is 1.94 bits per heavy atom. The predicted molar refractivity (Wildman–Crippen MR) is 60.9 cm³/mol. The lowest BCUT2D eigenvalue weighted by Gasteiger charge is -2.15. The molecule has 0 aliphatic carbocycles. The van der Waals surface area contributed by atoms with Gasteiger partial charge in [-0.25, -0.2) is 12.8 Å². The first kappa shape index (κ1) is 12.3. The standard InChI is InChI=1S/C11H14FNO3S/c1-16-11-5-4-9(8-10(11)12)17(14,15)13-6-2-3-7-13/h4-5,8H,2-3,6-7H2,1H3. The quantitative estimate of drug-likeness (QED) is 0.828. The summed E-state index contributed by atoms with van der Waals surface area (Å²) in [6.45, 7) is 1.02. The molecule has 1 aromatic carbocycles. The second-order valence-electron chi connectivity index (χ2n) is 3.91. The number of rotatable bonds is 3. The third-order valence-electron chi connectivity index (χ3n) is 2.83. The van der Waals surface area contributed by atoms with Gasteiger partial charge >= 0.3 is 0 Å². The second kappa shape index (κ2) is 4.62. The largest absolute Gasteiger partial charge is 0.494 e. The number of ether oxygens (including phenoxy) is 1. The summed E-state index contributed by atoms with van der Waals surface area (Å²) in [5, 5.41) is 0. The van der Waals surface area contributed by atoms with Crippen molar-refractivity contribution in [2.75, 3.05) is 20.2 Å². The molecule has 0 unspecified atom stereocenters. The fourth-order valence-electron chi connectivity index (χ4n) is 1.89. The molecule has 0 bridgehead atoms. The number of sulfonamides is 1. The van der Waals surface area contributed by atoms with Gasteiger partial charge in [0.2, 0.25) is 10.0 Å². The van der Waals surface area contributed by atoms with Crippen molar-refractivity contribution in [2.24, 2.45) is 0 Å². The summed E-state index contributed by atoms with van der Waals surface area (Å²) < 4.78 is 43.8.